The highest BCUT2D eigenvalue weighted by atomic mass is 35.5. The molecule has 0 aliphatic heterocycles. The lowest BCUT2D eigenvalue weighted by Crippen LogP contribution is -2.21. The highest BCUT2D eigenvalue weighted by molar-refractivity contribution is 6.42. The number of amides is 1. The van der Waals surface area contributed by atoms with E-state index in [1.54, 1.807) is 6.07 Å². The van der Waals surface area contributed by atoms with Crippen LogP contribution in [0.25, 0.3) is 0 Å². The highest BCUT2D eigenvalue weighted by Crippen LogP contribution is 2.26. The molecule has 0 bridgehead atoms. The quantitative estimate of drug-likeness (QED) is 0.797. The summed E-state index contributed by atoms with van der Waals surface area (Å²) in [5.74, 6) is -0.265. The van der Waals surface area contributed by atoms with Crippen LogP contribution in [0.15, 0.2) is 24.5 Å². The second-order valence-corrected chi connectivity index (χ2v) is 5.91. The van der Waals surface area contributed by atoms with Crippen molar-refractivity contribution in [3.8, 4) is 0 Å². The maximum absolute atomic E-state index is 11.4. The number of nitrogens with zero attached hydrogens (tertiary/aromatic N) is 3. The fourth-order valence-electron chi connectivity index (χ4n) is 2.18. The van der Waals surface area contributed by atoms with Crippen molar-refractivity contribution >= 4 is 29.1 Å². The van der Waals surface area contributed by atoms with Crippen LogP contribution in [-0.2, 0) is 13.0 Å². The summed E-state index contributed by atoms with van der Waals surface area (Å²) >= 11 is 12.1. The van der Waals surface area contributed by atoms with Gasteiger partial charge in [0, 0.05) is 7.05 Å². The third-order valence-corrected chi connectivity index (χ3v) is 4.24. The number of aliphatic hydroxyl groups is 1. The van der Waals surface area contributed by atoms with E-state index in [0.717, 1.165) is 18.4 Å². The van der Waals surface area contributed by atoms with Gasteiger partial charge in [-0.2, -0.15) is 0 Å². The van der Waals surface area contributed by atoms with Crippen LogP contribution in [0.3, 0.4) is 0 Å². The van der Waals surface area contributed by atoms with E-state index in [0.29, 0.717) is 16.5 Å². The van der Waals surface area contributed by atoms with Crippen LogP contribution in [-0.4, -0.2) is 38.9 Å². The maximum Gasteiger partial charge on any atom is 0.290 e. The first kappa shape index (κ1) is 17.7. The monoisotopic (exact) mass is 356 g/mol. The van der Waals surface area contributed by atoms with Crippen molar-refractivity contribution in [2.24, 2.45) is 0 Å². The third kappa shape index (κ3) is 4.92. The summed E-state index contributed by atoms with van der Waals surface area (Å²) in [6, 6.07) is 5.53. The Labute approximate surface area is 144 Å². The zero-order chi connectivity index (χ0) is 16.8. The average molecular weight is 357 g/mol. The van der Waals surface area contributed by atoms with E-state index in [1.165, 1.54) is 18.1 Å². The van der Waals surface area contributed by atoms with Crippen LogP contribution in [0.1, 0.15) is 29.0 Å². The van der Waals surface area contributed by atoms with Crippen molar-refractivity contribution in [2.75, 3.05) is 7.05 Å². The van der Waals surface area contributed by atoms with Crippen molar-refractivity contribution in [3.05, 3.63) is 46.0 Å². The topological polar surface area (TPSA) is 80.0 Å². The lowest BCUT2D eigenvalue weighted by Gasteiger charge is -2.11. The molecule has 0 fully saturated rings. The predicted molar refractivity (Wildman–Crippen MR) is 88.8 cm³/mol. The zero-order valence-corrected chi connectivity index (χ0v) is 14.2. The molecule has 1 aromatic carbocycles. The molecule has 124 valence electrons. The van der Waals surface area contributed by atoms with Crippen molar-refractivity contribution in [2.45, 2.75) is 31.9 Å². The summed E-state index contributed by atoms with van der Waals surface area (Å²) in [7, 11) is 1.51. The number of aromatic nitrogens is 3. The zero-order valence-electron chi connectivity index (χ0n) is 12.7. The first-order valence-corrected chi connectivity index (χ1v) is 7.99. The number of nitrogens with one attached hydrogen (secondary N) is 1. The van der Waals surface area contributed by atoms with Crippen molar-refractivity contribution in [1.82, 2.24) is 20.1 Å². The summed E-state index contributed by atoms with van der Waals surface area (Å²) in [6.07, 6.45) is 2.93. The molecule has 0 aliphatic rings. The molecule has 23 heavy (non-hydrogen) atoms. The number of aryl methyl sites for hydroxylation is 1. The lowest BCUT2D eigenvalue weighted by molar-refractivity contribution is 0.0950. The van der Waals surface area contributed by atoms with Crippen LogP contribution in [0.5, 0.6) is 0 Å². The Hall–Kier alpha value is -1.63. The minimum atomic E-state index is -0.577. The van der Waals surface area contributed by atoms with Gasteiger partial charge in [-0.3, -0.25) is 4.79 Å². The Bertz CT molecular complexity index is 675. The van der Waals surface area contributed by atoms with Gasteiger partial charge in [0.25, 0.3) is 5.91 Å². The molecule has 0 radical (unpaired) electrons. The van der Waals surface area contributed by atoms with Gasteiger partial charge in [-0.25, -0.2) is 9.67 Å². The minimum absolute atomic E-state index is 0.0883. The molecule has 8 heteroatoms. The Balaban J connectivity index is 1.81. The van der Waals surface area contributed by atoms with Gasteiger partial charge in [0.05, 0.1) is 22.7 Å². The van der Waals surface area contributed by atoms with Crippen LogP contribution in [0.4, 0.5) is 0 Å². The first-order valence-electron chi connectivity index (χ1n) is 7.23. The summed E-state index contributed by atoms with van der Waals surface area (Å²) in [4.78, 5) is 15.3. The van der Waals surface area contributed by atoms with E-state index in [9.17, 15) is 9.90 Å². The van der Waals surface area contributed by atoms with E-state index in [4.69, 9.17) is 23.2 Å². The third-order valence-electron chi connectivity index (χ3n) is 3.38. The van der Waals surface area contributed by atoms with Crippen LogP contribution in [0.2, 0.25) is 10.0 Å². The summed E-state index contributed by atoms with van der Waals surface area (Å²) < 4.78 is 1.46. The van der Waals surface area contributed by atoms with Gasteiger partial charge in [0.2, 0.25) is 5.82 Å². The van der Waals surface area contributed by atoms with E-state index < -0.39 is 6.10 Å². The van der Waals surface area contributed by atoms with E-state index in [2.05, 4.69) is 15.4 Å². The van der Waals surface area contributed by atoms with Gasteiger partial charge >= 0.3 is 0 Å². The second-order valence-electron chi connectivity index (χ2n) is 5.13. The van der Waals surface area contributed by atoms with E-state index >= 15 is 0 Å². The number of hydrogen-bond donors (Lipinski definition) is 2. The molecular weight excluding hydrogens is 339 g/mol. The lowest BCUT2D eigenvalue weighted by atomic mass is 10.1. The molecule has 2 rings (SSSR count). The number of rotatable bonds is 7. The Kier molecular flexibility index (Phi) is 6.38. The Morgan fingerprint density at radius 3 is 2.96 bits per heavy atom. The molecule has 1 atom stereocenters. The molecule has 2 aromatic rings. The molecular formula is C15H18Cl2N4O2. The molecule has 0 aliphatic carbocycles. The summed E-state index contributed by atoms with van der Waals surface area (Å²) in [5.41, 5.74) is 0.967. The number of carbonyl (C=O) groups excluding carboxylic acids is 1. The van der Waals surface area contributed by atoms with Crippen molar-refractivity contribution in [3.63, 3.8) is 0 Å². The maximum atomic E-state index is 11.4. The minimum Gasteiger partial charge on any atom is -0.391 e. The van der Waals surface area contributed by atoms with E-state index in [-0.39, 0.29) is 18.3 Å². The smallest absolute Gasteiger partial charge is 0.290 e. The normalized spacial score (nSPS) is 12.2. The van der Waals surface area contributed by atoms with Gasteiger partial charge in [-0.15, -0.1) is 5.10 Å². The first-order chi connectivity index (χ1) is 11.0. The molecule has 1 aromatic heterocycles. The number of hydrogen-bond acceptors (Lipinski definition) is 4. The van der Waals surface area contributed by atoms with Crippen LogP contribution in [0, 0.1) is 0 Å². The predicted octanol–water partition coefficient (Wildman–Crippen LogP) is 2.33. The van der Waals surface area contributed by atoms with Crippen LogP contribution < -0.4 is 5.32 Å². The van der Waals surface area contributed by atoms with E-state index in [1.807, 2.05) is 12.1 Å². The summed E-state index contributed by atoms with van der Waals surface area (Å²) in [5, 5.41) is 17.6. The number of halogens is 2. The molecule has 0 spiro atoms. The Morgan fingerprint density at radius 1 is 1.43 bits per heavy atom. The molecule has 0 saturated heterocycles. The second kappa shape index (κ2) is 8.29. The van der Waals surface area contributed by atoms with Gasteiger partial charge in [0.15, 0.2) is 0 Å². The van der Waals surface area contributed by atoms with Gasteiger partial charge < -0.3 is 10.4 Å². The number of carbonyl (C=O) groups is 1. The van der Waals surface area contributed by atoms with Gasteiger partial charge in [-0.1, -0.05) is 35.3 Å². The molecule has 1 amide bonds. The SMILES string of the molecule is CNC(=O)c1ncn(CC(O)CCCc2cccc(Cl)c2Cl)n1. The standard InChI is InChI=1S/C15H18Cl2N4O2/c1-18-15(23)14-19-9-21(20-14)8-11(22)6-2-4-10-5-3-7-12(16)13(10)17/h3,5,7,9,11,22H,2,4,6,8H2,1H3,(H,18,23). The highest BCUT2D eigenvalue weighted by Gasteiger charge is 2.12. The largest absolute Gasteiger partial charge is 0.391 e. The fourth-order valence-corrected chi connectivity index (χ4v) is 2.59. The van der Waals surface area contributed by atoms with Gasteiger partial charge in [0.1, 0.15) is 6.33 Å². The number of benzene rings is 1. The fraction of sp³-hybridized carbons (Fsp3) is 0.400. The Morgan fingerprint density at radius 2 is 2.22 bits per heavy atom. The van der Waals surface area contributed by atoms with Gasteiger partial charge in [-0.05, 0) is 30.9 Å². The molecule has 0 saturated carbocycles. The summed E-state index contributed by atoms with van der Waals surface area (Å²) in [6.45, 7) is 0.285. The number of aliphatic hydroxyl groups excluding tert-OH is 1. The average Bonchev–Trinajstić information content (AvgIpc) is 2.99. The van der Waals surface area contributed by atoms with Crippen molar-refractivity contribution in [1.29, 1.82) is 0 Å². The van der Waals surface area contributed by atoms with Crippen molar-refractivity contribution < 1.29 is 9.90 Å². The molecule has 1 heterocycles. The molecule has 1 unspecified atom stereocenters. The molecule has 2 N–H and O–H groups in total. The van der Waals surface area contributed by atoms with Crippen LogP contribution >= 0.6 is 23.2 Å². The molecule has 6 nitrogen and oxygen atoms in total.